The third-order valence-corrected chi connectivity index (χ3v) is 6.42. The first-order valence-corrected chi connectivity index (χ1v) is 11.5. The van der Waals surface area contributed by atoms with Crippen LogP contribution in [0, 0.1) is 0 Å². The number of thiazole rings is 1. The summed E-state index contributed by atoms with van der Waals surface area (Å²) in [6.45, 7) is 0.309. The molecule has 0 fully saturated rings. The molecule has 11 heteroatoms. The van der Waals surface area contributed by atoms with E-state index in [1.165, 1.54) is 23.1 Å². The molecule has 0 N–H and O–H groups in total. The summed E-state index contributed by atoms with van der Waals surface area (Å²) in [5.41, 5.74) is 3.55. The fraction of sp³-hybridized carbons (Fsp3) is 0.143. The Hall–Kier alpha value is -3.57. The zero-order valence-electron chi connectivity index (χ0n) is 17.0. The highest BCUT2D eigenvalue weighted by Crippen LogP contribution is 2.27. The number of hydrogen-bond acceptors (Lipinski definition) is 9. The van der Waals surface area contributed by atoms with Crippen molar-refractivity contribution in [2.75, 3.05) is 17.7 Å². The fourth-order valence-corrected chi connectivity index (χ4v) is 4.52. The van der Waals surface area contributed by atoms with Crippen molar-refractivity contribution in [2.45, 2.75) is 11.8 Å². The van der Waals surface area contributed by atoms with Gasteiger partial charge in [-0.15, -0.1) is 26.6 Å². The largest absolute Gasteiger partial charge is 0.414 e. The van der Waals surface area contributed by atoms with Gasteiger partial charge in [0.2, 0.25) is 11.8 Å². The van der Waals surface area contributed by atoms with E-state index < -0.39 is 0 Å². The van der Waals surface area contributed by atoms with E-state index in [2.05, 4.69) is 25.5 Å². The average molecular weight is 464 g/mol. The van der Waals surface area contributed by atoms with E-state index in [-0.39, 0.29) is 11.7 Å². The Labute approximate surface area is 191 Å². The van der Waals surface area contributed by atoms with Crippen LogP contribution in [0.25, 0.3) is 22.3 Å². The molecule has 0 saturated carbocycles. The molecule has 0 aliphatic carbocycles. The zero-order chi connectivity index (χ0) is 21.9. The van der Waals surface area contributed by atoms with Gasteiger partial charge < -0.3 is 4.42 Å². The van der Waals surface area contributed by atoms with Gasteiger partial charge in [0, 0.05) is 18.0 Å². The van der Waals surface area contributed by atoms with E-state index in [1.54, 1.807) is 16.6 Å². The molecule has 5 aromatic rings. The van der Waals surface area contributed by atoms with Gasteiger partial charge in [0.25, 0.3) is 5.22 Å². The van der Waals surface area contributed by atoms with Crippen LogP contribution in [0.1, 0.15) is 5.89 Å². The Morgan fingerprint density at radius 1 is 1.09 bits per heavy atom. The summed E-state index contributed by atoms with van der Waals surface area (Å²) in [4.78, 5) is 18.8. The number of amides is 1. The van der Waals surface area contributed by atoms with E-state index in [0.717, 1.165) is 22.3 Å². The van der Waals surface area contributed by atoms with E-state index in [0.29, 0.717) is 22.8 Å². The molecule has 3 heterocycles. The summed E-state index contributed by atoms with van der Waals surface area (Å²) >= 11 is 2.62. The summed E-state index contributed by atoms with van der Waals surface area (Å²) in [6.07, 6.45) is 0. The van der Waals surface area contributed by atoms with Crippen LogP contribution in [-0.4, -0.2) is 48.9 Å². The molecule has 2 aromatic carbocycles. The first-order valence-electron chi connectivity index (χ1n) is 9.68. The van der Waals surface area contributed by atoms with Gasteiger partial charge in [0.05, 0.1) is 17.0 Å². The first-order chi connectivity index (χ1) is 15.7. The number of benzene rings is 2. The first kappa shape index (κ1) is 20.3. The number of para-hydroxylation sites is 1. The van der Waals surface area contributed by atoms with E-state index in [9.17, 15) is 4.79 Å². The van der Waals surface area contributed by atoms with Crippen LogP contribution in [0.4, 0.5) is 5.13 Å². The van der Waals surface area contributed by atoms with Gasteiger partial charge in [-0.3, -0.25) is 9.69 Å². The maximum Gasteiger partial charge on any atom is 0.277 e. The molecule has 0 aliphatic heterocycles. The van der Waals surface area contributed by atoms with Crippen LogP contribution >= 0.6 is 23.1 Å². The van der Waals surface area contributed by atoms with Gasteiger partial charge in [-0.1, -0.05) is 59.4 Å². The number of nitrogens with zero attached hydrogens (tertiary/aromatic N) is 7. The zero-order valence-corrected chi connectivity index (χ0v) is 18.6. The summed E-state index contributed by atoms with van der Waals surface area (Å²) in [7, 11) is 1.71. The molecule has 9 nitrogen and oxygen atoms in total. The third kappa shape index (κ3) is 4.25. The molecule has 32 heavy (non-hydrogen) atoms. The van der Waals surface area contributed by atoms with Crippen LogP contribution in [0.15, 0.2) is 69.6 Å². The molecule has 0 radical (unpaired) electrons. The predicted octanol–water partition coefficient (Wildman–Crippen LogP) is 3.74. The molecule has 3 aromatic heterocycles. The molecular weight excluding hydrogens is 446 g/mol. The normalized spacial score (nSPS) is 11.2. The quantitative estimate of drug-likeness (QED) is 0.336. The molecule has 0 aliphatic rings. The second kappa shape index (κ2) is 8.89. The van der Waals surface area contributed by atoms with Crippen molar-refractivity contribution < 1.29 is 9.21 Å². The number of carbonyl (C=O) groups excluding carboxylic acids is 1. The van der Waals surface area contributed by atoms with Crippen molar-refractivity contribution >= 4 is 45.2 Å². The standard InChI is InChI=1S/C21H17N7O2S2/c1-27(20-22-16(12-31-20)14-7-3-2-4-8-14)19(29)13-32-21-25-24-18(30-21)11-28-17-10-6-5-9-15(17)23-26-28/h2-10,12H,11,13H2,1H3. The van der Waals surface area contributed by atoms with Crippen molar-refractivity contribution in [3.8, 4) is 11.3 Å². The summed E-state index contributed by atoms with van der Waals surface area (Å²) in [5.74, 6) is 0.451. The molecule has 0 spiro atoms. The number of hydrogen-bond donors (Lipinski definition) is 0. The summed E-state index contributed by atoms with van der Waals surface area (Å²) in [5, 5.41) is 19.2. The molecule has 0 unspecified atom stereocenters. The van der Waals surface area contributed by atoms with Crippen LogP contribution < -0.4 is 4.90 Å². The van der Waals surface area contributed by atoms with E-state index in [1.807, 2.05) is 60.0 Å². The number of rotatable bonds is 7. The van der Waals surface area contributed by atoms with Gasteiger partial charge in [-0.2, -0.15) is 0 Å². The lowest BCUT2D eigenvalue weighted by Gasteiger charge is -2.12. The number of aromatic nitrogens is 6. The van der Waals surface area contributed by atoms with Crippen LogP contribution in [0.5, 0.6) is 0 Å². The Morgan fingerprint density at radius 3 is 2.78 bits per heavy atom. The fourth-order valence-electron chi connectivity index (χ4n) is 3.01. The highest BCUT2D eigenvalue weighted by molar-refractivity contribution is 7.99. The van der Waals surface area contributed by atoms with Gasteiger partial charge in [0.15, 0.2) is 5.13 Å². The van der Waals surface area contributed by atoms with Gasteiger partial charge in [-0.25, -0.2) is 9.67 Å². The van der Waals surface area contributed by atoms with Crippen molar-refractivity contribution in [2.24, 2.45) is 0 Å². The Balaban J connectivity index is 1.19. The average Bonchev–Trinajstić information content (AvgIpc) is 3.58. The van der Waals surface area contributed by atoms with Crippen molar-refractivity contribution in [1.29, 1.82) is 0 Å². The predicted molar refractivity (Wildman–Crippen MR) is 123 cm³/mol. The van der Waals surface area contributed by atoms with Crippen molar-refractivity contribution in [1.82, 2.24) is 30.2 Å². The maximum absolute atomic E-state index is 12.6. The minimum atomic E-state index is -0.106. The number of thioether (sulfide) groups is 1. The van der Waals surface area contributed by atoms with Crippen molar-refractivity contribution in [3.63, 3.8) is 0 Å². The maximum atomic E-state index is 12.6. The number of anilines is 1. The lowest BCUT2D eigenvalue weighted by molar-refractivity contribution is -0.115. The minimum absolute atomic E-state index is 0.106. The van der Waals surface area contributed by atoms with Crippen molar-refractivity contribution in [3.05, 3.63) is 65.9 Å². The Morgan fingerprint density at radius 2 is 1.91 bits per heavy atom. The smallest absolute Gasteiger partial charge is 0.277 e. The van der Waals surface area contributed by atoms with E-state index >= 15 is 0 Å². The second-order valence-corrected chi connectivity index (χ2v) is 8.58. The minimum Gasteiger partial charge on any atom is -0.414 e. The Bertz CT molecular complexity index is 1360. The Kier molecular flexibility index (Phi) is 5.65. The monoisotopic (exact) mass is 463 g/mol. The van der Waals surface area contributed by atoms with Crippen LogP contribution in [-0.2, 0) is 11.3 Å². The molecule has 0 saturated heterocycles. The molecule has 160 valence electrons. The second-order valence-electron chi connectivity index (χ2n) is 6.82. The third-order valence-electron chi connectivity index (χ3n) is 4.70. The molecule has 0 bridgehead atoms. The lowest BCUT2D eigenvalue weighted by Crippen LogP contribution is -2.27. The topological polar surface area (TPSA) is 103 Å². The van der Waals surface area contributed by atoms with Crippen LogP contribution in [0.3, 0.4) is 0 Å². The summed E-state index contributed by atoms with van der Waals surface area (Å²) in [6, 6.07) is 17.5. The SMILES string of the molecule is CN(C(=O)CSc1nnc(Cn2nnc3ccccc32)o1)c1nc(-c2ccccc2)cs1. The van der Waals surface area contributed by atoms with E-state index in [4.69, 9.17) is 4.42 Å². The molecule has 1 amide bonds. The number of fused-ring (bicyclic) bond motifs is 1. The molecule has 5 rings (SSSR count). The van der Waals surface area contributed by atoms with Gasteiger partial charge in [-0.05, 0) is 12.1 Å². The summed E-state index contributed by atoms with van der Waals surface area (Å²) < 4.78 is 7.37. The number of carbonyl (C=O) groups is 1. The highest BCUT2D eigenvalue weighted by Gasteiger charge is 2.18. The lowest BCUT2D eigenvalue weighted by atomic mass is 10.2. The molecule has 0 atom stereocenters. The van der Waals surface area contributed by atoms with Gasteiger partial charge >= 0.3 is 0 Å². The molecular formula is C21H17N7O2S2. The highest BCUT2D eigenvalue weighted by atomic mass is 32.2. The van der Waals surface area contributed by atoms with Crippen LogP contribution in [0.2, 0.25) is 0 Å². The van der Waals surface area contributed by atoms with Gasteiger partial charge in [0.1, 0.15) is 12.1 Å².